The maximum atomic E-state index is 13.0. The van der Waals surface area contributed by atoms with Gasteiger partial charge >= 0.3 is 0 Å². The molecule has 1 saturated heterocycles. The van der Waals surface area contributed by atoms with Crippen molar-refractivity contribution in [3.63, 3.8) is 0 Å². The molecule has 0 bridgehead atoms. The third kappa shape index (κ3) is 6.25. The number of benzene rings is 3. The molecule has 11 heteroatoms. The van der Waals surface area contributed by atoms with Crippen LogP contribution in [0.15, 0.2) is 70.6 Å². The van der Waals surface area contributed by atoms with Crippen LogP contribution in [-0.2, 0) is 11.4 Å². The summed E-state index contributed by atoms with van der Waals surface area (Å²) in [7, 11) is 1.60. The number of carbonyl (C=O) groups excluding carboxylic acids is 1. The van der Waals surface area contributed by atoms with E-state index in [1.807, 2.05) is 31.2 Å². The van der Waals surface area contributed by atoms with Crippen molar-refractivity contribution in [2.45, 2.75) is 13.5 Å². The van der Waals surface area contributed by atoms with Crippen LogP contribution in [0.3, 0.4) is 0 Å². The van der Waals surface area contributed by atoms with Gasteiger partial charge in [-0.1, -0.05) is 23.2 Å². The number of rotatable bonds is 8. The van der Waals surface area contributed by atoms with E-state index >= 15 is 0 Å². The molecular weight excluding hydrogens is 537 g/mol. The summed E-state index contributed by atoms with van der Waals surface area (Å²) in [6.45, 7) is 2.48. The molecule has 37 heavy (non-hydrogen) atoms. The Balaban J connectivity index is 1.52. The molecule has 0 spiro atoms. The van der Waals surface area contributed by atoms with Gasteiger partial charge in [0.05, 0.1) is 32.7 Å². The number of ether oxygens (including phenoxy) is 2. The van der Waals surface area contributed by atoms with Crippen molar-refractivity contribution < 1.29 is 19.2 Å². The molecule has 0 atom stereocenters. The van der Waals surface area contributed by atoms with Gasteiger partial charge in [0.1, 0.15) is 12.4 Å². The van der Waals surface area contributed by atoms with Crippen LogP contribution in [-0.4, -0.2) is 34.6 Å². The molecule has 190 valence electrons. The summed E-state index contributed by atoms with van der Waals surface area (Å²) in [6.07, 6.45) is 1.71. The second kappa shape index (κ2) is 11.7. The molecule has 0 saturated carbocycles. The van der Waals surface area contributed by atoms with E-state index in [2.05, 4.69) is 4.99 Å². The zero-order valence-corrected chi connectivity index (χ0v) is 22.1. The van der Waals surface area contributed by atoms with Crippen LogP contribution in [0, 0.1) is 10.1 Å². The minimum atomic E-state index is -0.466. The monoisotopic (exact) mass is 557 g/mol. The minimum absolute atomic E-state index is 0.00428. The highest BCUT2D eigenvalue weighted by molar-refractivity contribution is 8.18. The third-order valence-electron chi connectivity index (χ3n) is 5.35. The molecule has 1 fully saturated rings. The summed E-state index contributed by atoms with van der Waals surface area (Å²) in [5.41, 5.74) is 2.06. The number of nitro benzene ring substituents is 1. The van der Waals surface area contributed by atoms with Gasteiger partial charge in [0, 0.05) is 18.7 Å². The number of carbonyl (C=O) groups is 1. The van der Waals surface area contributed by atoms with Crippen LogP contribution < -0.4 is 9.47 Å². The van der Waals surface area contributed by atoms with Crippen molar-refractivity contribution in [2.75, 3.05) is 13.7 Å². The number of amides is 1. The van der Waals surface area contributed by atoms with Crippen molar-refractivity contribution in [3.05, 3.63) is 96.9 Å². The quantitative estimate of drug-likeness (QED) is 0.166. The van der Waals surface area contributed by atoms with Gasteiger partial charge in [-0.05, 0) is 84.4 Å². The summed E-state index contributed by atoms with van der Waals surface area (Å²) in [6, 6.07) is 16.6. The van der Waals surface area contributed by atoms with Gasteiger partial charge in [-0.25, -0.2) is 4.99 Å². The number of methoxy groups -OCH3 is 1. The highest BCUT2D eigenvalue weighted by atomic mass is 35.5. The molecule has 1 amide bonds. The van der Waals surface area contributed by atoms with Crippen molar-refractivity contribution in [3.8, 4) is 11.5 Å². The molecule has 4 rings (SSSR count). The molecule has 1 heterocycles. The van der Waals surface area contributed by atoms with Crippen LogP contribution in [0.5, 0.6) is 11.5 Å². The number of amidine groups is 1. The van der Waals surface area contributed by atoms with Crippen molar-refractivity contribution in [1.29, 1.82) is 0 Å². The van der Waals surface area contributed by atoms with Gasteiger partial charge < -0.3 is 9.47 Å². The Kier molecular flexibility index (Phi) is 8.38. The van der Waals surface area contributed by atoms with Crippen LogP contribution >= 0.6 is 35.0 Å². The first-order chi connectivity index (χ1) is 17.8. The number of hydrogen-bond donors (Lipinski definition) is 0. The molecule has 0 unspecified atom stereocenters. The lowest BCUT2D eigenvalue weighted by molar-refractivity contribution is -0.384. The summed E-state index contributed by atoms with van der Waals surface area (Å²) in [5, 5.41) is 11.9. The van der Waals surface area contributed by atoms with E-state index < -0.39 is 4.92 Å². The fourth-order valence-corrected chi connectivity index (χ4v) is 5.13. The smallest absolute Gasteiger partial charge is 0.269 e. The van der Waals surface area contributed by atoms with Crippen LogP contribution in [0.2, 0.25) is 10.0 Å². The zero-order chi connectivity index (χ0) is 26.5. The molecule has 0 aromatic heterocycles. The summed E-state index contributed by atoms with van der Waals surface area (Å²) in [4.78, 5) is 30.1. The van der Waals surface area contributed by atoms with E-state index in [0.717, 1.165) is 11.3 Å². The van der Waals surface area contributed by atoms with Gasteiger partial charge in [0.25, 0.3) is 11.6 Å². The largest absolute Gasteiger partial charge is 0.497 e. The van der Waals surface area contributed by atoms with Crippen molar-refractivity contribution >= 4 is 63.5 Å². The molecule has 0 radical (unpaired) electrons. The zero-order valence-electron chi connectivity index (χ0n) is 19.8. The van der Waals surface area contributed by atoms with E-state index in [1.54, 1.807) is 42.4 Å². The Labute approximate surface area is 227 Å². The maximum Gasteiger partial charge on any atom is 0.269 e. The minimum Gasteiger partial charge on any atom is -0.497 e. The summed E-state index contributed by atoms with van der Waals surface area (Å²) < 4.78 is 11.0. The number of aliphatic imine (C=N–C) groups is 1. The molecule has 3 aromatic rings. The lowest BCUT2D eigenvalue weighted by atomic mass is 10.2. The van der Waals surface area contributed by atoms with E-state index in [-0.39, 0.29) is 34.0 Å². The third-order valence-corrected chi connectivity index (χ3v) is 6.92. The lowest BCUT2D eigenvalue weighted by Crippen LogP contribution is -2.28. The maximum absolute atomic E-state index is 13.0. The highest BCUT2D eigenvalue weighted by Gasteiger charge is 2.32. The predicted molar refractivity (Wildman–Crippen MR) is 147 cm³/mol. The Bertz CT molecular complexity index is 1370. The number of non-ortho nitro benzene ring substituents is 1. The van der Waals surface area contributed by atoms with E-state index in [0.29, 0.717) is 27.9 Å². The van der Waals surface area contributed by atoms with Crippen LogP contribution in [0.1, 0.15) is 18.1 Å². The van der Waals surface area contributed by atoms with Gasteiger partial charge in [-0.2, -0.15) is 0 Å². The molecule has 1 aliphatic rings. The Morgan fingerprint density at radius 3 is 2.30 bits per heavy atom. The highest BCUT2D eigenvalue weighted by Crippen LogP contribution is 2.38. The summed E-state index contributed by atoms with van der Waals surface area (Å²) in [5.74, 6) is 0.845. The normalized spacial score (nSPS) is 15.5. The number of halogens is 2. The van der Waals surface area contributed by atoms with Crippen LogP contribution in [0.4, 0.5) is 11.4 Å². The SMILES string of the molecule is CCN1C(=O)/C(=C\c2cc(Cl)c(OCc3ccc([N+](=O)[O-])cc3)c(Cl)c2)SC1=Nc1ccc(OC)cc1. The average molecular weight is 558 g/mol. The standard InChI is InChI=1S/C26H21Cl2N3O5S/c1-3-30-25(32)23(37-26(30)29-18-6-10-20(35-2)11-7-18)14-17-12-21(27)24(22(28)13-17)36-15-16-4-8-19(9-5-16)31(33)34/h4-14H,3,15H2,1-2H3/b23-14+,29-26?. The van der Waals surface area contributed by atoms with Gasteiger partial charge in [-0.15, -0.1) is 0 Å². The number of likely N-dealkylation sites (N-methyl/N-ethyl adjacent to an activating group) is 1. The molecule has 3 aromatic carbocycles. The van der Waals surface area contributed by atoms with Gasteiger partial charge in [0.2, 0.25) is 0 Å². The summed E-state index contributed by atoms with van der Waals surface area (Å²) >= 11 is 14.2. The molecule has 0 aliphatic carbocycles. The number of nitro groups is 1. The van der Waals surface area contributed by atoms with Crippen molar-refractivity contribution in [1.82, 2.24) is 4.90 Å². The number of hydrogen-bond acceptors (Lipinski definition) is 7. The molecule has 1 aliphatic heterocycles. The Morgan fingerprint density at radius 1 is 1.08 bits per heavy atom. The second-order valence-electron chi connectivity index (χ2n) is 7.78. The Hall–Kier alpha value is -3.53. The molecule has 8 nitrogen and oxygen atoms in total. The second-order valence-corrected chi connectivity index (χ2v) is 9.60. The van der Waals surface area contributed by atoms with E-state index in [9.17, 15) is 14.9 Å². The Morgan fingerprint density at radius 2 is 1.73 bits per heavy atom. The number of thioether (sulfide) groups is 1. The fraction of sp³-hybridized carbons (Fsp3) is 0.154. The topological polar surface area (TPSA) is 94.3 Å². The van der Waals surface area contributed by atoms with E-state index in [1.165, 1.54) is 23.9 Å². The predicted octanol–water partition coefficient (Wildman–Crippen LogP) is 7.11. The van der Waals surface area contributed by atoms with Gasteiger partial charge in [0.15, 0.2) is 10.9 Å². The lowest BCUT2D eigenvalue weighted by Gasteiger charge is -2.12. The van der Waals surface area contributed by atoms with E-state index in [4.69, 9.17) is 32.7 Å². The average Bonchev–Trinajstić information content (AvgIpc) is 3.17. The first-order valence-corrected chi connectivity index (χ1v) is 12.7. The molecule has 0 N–H and O–H groups in total. The first-order valence-electron chi connectivity index (χ1n) is 11.1. The van der Waals surface area contributed by atoms with Crippen LogP contribution in [0.25, 0.3) is 6.08 Å². The molecular formula is C26H21Cl2N3O5S. The first kappa shape index (κ1) is 26.5. The van der Waals surface area contributed by atoms with Gasteiger partial charge in [-0.3, -0.25) is 19.8 Å². The fourth-order valence-electron chi connectivity index (χ4n) is 3.46. The number of nitrogens with zero attached hydrogens (tertiary/aromatic N) is 3. The van der Waals surface area contributed by atoms with Crippen molar-refractivity contribution in [2.24, 2.45) is 4.99 Å².